The molecular weight excluding hydrogens is 636 g/mol. The number of alkyl halides is 3. The van der Waals surface area contributed by atoms with E-state index in [9.17, 15) is 32.5 Å². The highest BCUT2D eigenvalue weighted by Crippen LogP contribution is 2.32. The minimum atomic E-state index is -4.60. The Kier molecular flexibility index (Phi) is 11.6. The minimum absolute atomic E-state index is 0.00670. The summed E-state index contributed by atoms with van der Waals surface area (Å²) in [6.07, 6.45) is -0.862. The van der Waals surface area contributed by atoms with Crippen LogP contribution in [0, 0.1) is 21.8 Å². The molecule has 3 aromatic carbocycles. The fourth-order valence-corrected chi connectivity index (χ4v) is 5.25. The van der Waals surface area contributed by atoms with Crippen LogP contribution in [0.4, 0.5) is 28.9 Å². The number of nitrogens with zero attached hydrogens (tertiary/aromatic N) is 4. The summed E-state index contributed by atoms with van der Waals surface area (Å²) in [5.41, 5.74) is 0.868. The zero-order valence-corrected chi connectivity index (χ0v) is 26.5. The van der Waals surface area contributed by atoms with E-state index in [0.29, 0.717) is 24.3 Å². The van der Waals surface area contributed by atoms with Crippen LogP contribution < -0.4 is 10.6 Å². The number of hydrogen-bond donors (Lipinski definition) is 2. The third-order valence-corrected chi connectivity index (χ3v) is 8.14. The highest BCUT2D eigenvalue weighted by Gasteiger charge is 2.34. The lowest BCUT2D eigenvalue weighted by molar-refractivity contribution is -0.384. The Morgan fingerprint density at radius 1 is 1.11 bits per heavy atom. The van der Waals surface area contributed by atoms with Gasteiger partial charge in [-0.1, -0.05) is 56.7 Å². The smallest absolute Gasteiger partial charge is 0.351 e. The van der Waals surface area contributed by atoms with Gasteiger partial charge in [-0.2, -0.15) is 13.2 Å². The zero-order chi connectivity index (χ0) is 34.1. The van der Waals surface area contributed by atoms with Crippen LogP contribution in [-0.4, -0.2) is 43.0 Å². The number of carbonyl (C=O) groups is 1. The summed E-state index contributed by atoms with van der Waals surface area (Å²) in [6, 6.07) is 16.3. The van der Waals surface area contributed by atoms with E-state index in [1.807, 2.05) is 13.8 Å². The highest BCUT2D eigenvalue weighted by atomic mass is 32.1. The van der Waals surface area contributed by atoms with Gasteiger partial charge in [-0.25, -0.2) is 9.37 Å². The van der Waals surface area contributed by atoms with Gasteiger partial charge in [0, 0.05) is 55.4 Å². The van der Waals surface area contributed by atoms with E-state index in [1.54, 1.807) is 40.2 Å². The second-order valence-electron chi connectivity index (χ2n) is 11.1. The van der Waals surface area contributed by atoms with Gasteiger partial charge in [0.2, 0.25) is 5.91 Å². The molecule has 0 bridgehead atoms. The van der Waals surface area contributed by atoms with Crippen molar-refractivity contribution in [3.8, 4) is 0 Å². The first kappa shape index (κ1) is 35.0. The van der Waals surface area contributed by atoms with Crippen LogP contribution in [-0.2, 0) is 30.5 Å². The number of anilines is 1. The van der Waals surface area contributed by atoms with Crippen molar-refractivity contribution < 1.29 is 27.3 Å². The first-order valence-corrected chi connectivity index (χ1v) is 15.2. The third-order valence-electron chi connectivity index (χ3n) is 7.78. The molecule has 0 saturated carbocycles. The summed E-state index contributed by atoms with van der Waals surface area (Å²) >= 11 is 5.64. The Labute approximate surface area is 274 Å². The fourth-order valence-electron chi connectivity index (χ4n) is 5.00. The van der Waals surface area contributed by atoms with Crippen molar-refractivity contribution in [1.82, 2.24) is 19.8 Å². The molecule has 2 N–H and O–H groups in total. The number of nitrogens with one attached hydrogen (secondary N) is 2. The molecule has 0 fully saturated rings. The molecule has 0 aliphatic carbocycles. The Hall–Kier alpha value is -4.85. The summed E-state index contributed by atoms with van der Waals surface area (Å²) in [5, 5.41) is 17.0. The van der Waals surface area contributed by atoms with Gasteiger partial charge in [0.1, 0.15) is 5.82 Å². The van der Waals surface area contributed by atoms with Crippen LogP contribution in [0.3, 0.4) is 0 Å². The highest BCUT2D eigenvalue weighted by molar-refractivity contribution is 7.80. The predicted octanol–water partition coefficient (Wildman–Crippen LogP) is 6.97. The van der Waals surface area contributed by atoms with Crippen LogP contribution in [0.15, 0.2) is 85.3 Å². The number of rotatable bonds is 13. The van der Waals surface area contributed by atoms with Gasteiger partial charge in [-0.15, -0.1) is 0 Å². The van der Waals surface area contributed by atoms with Crippen molar-refractivity contribution in [3.63, 3.8) is 0 Å². The summed E-state index contributed by atoms with van der Waals surface area (Å²) in [7, 11) is 0. The molecule has 4 aromatic rings. The van der Waals surface area contributed by atoms with Crippen molar-refractivity contribution in [2.45, 2.75) is 52.0 Å². The summed E-state index contributed by atoms with van der Waals surface area (Å²) in [5.74, 6) is -0.939. The second-order valence-corrected chi connectivity index (χ2v) is 11.5. The molecule has 9 nitrogen and oxygen atoms in total. The van der Waals surface area contributed by atoms with Gasteiger partial charge in [-0.3, -0.25) is 14.9 Å². The molecule has 1 heterocycles. The van der Waals surface area contributed by atoms with Gasteiger partial charge in [0.15, 0.2) is 5.11 Å². The largest absolute Gasteiger partial charge is 0.416 e. The van der Waals surface area contributed by atoms with Crippen molar-refractivity contribution >= 4 is 34.6 Å². The number of imidazole rings is 1. The third kappa shape index (κ3) is 9.82. The molecule has 14 heteroatoms. The summed E-state index contributed by atoms with van der Waals surface area (Å²) in [4.78, 5) is 29.6. The molecule has 0 aliphatic rings. The van der Waals surface area contributed by atoms with Gasteiger partial charge in [-0.05, 0) is 53.5 Å². The van der Waals surface area contributed by atoms with Crippen LogP contribution >= 0.6 is 12.2 Å². The number of amides is 1. The average molecular weight is 671 g/mol. The van der Waals surface area contributed by atoms with Crippen molar-refractivity contribution in [2.75, 3.05) is 11.9 Å². The molecule has 1 amide bonds. The lowest BCUT2D eigenvalue weighted by atomic mass is 9.97. The molecule has 47 heavy (non-hydrogen) atoms. The molecule has 0 spiro atoms. The number of benzene rings is 3. The van der Waals surface area contributed by atoms with Crippen molar-refractivity contribution in [2.24, 2.45) is 5.92 Å². The standard InChI is InChI=1S/C33H34F4N6O3S/c1-3-22(2)30(40-31(44)16-28-17-38-21-42(28)18-23-11-13-27(14-12-23)43(45)46)20-41(32(47)39-26-9-6-8-25(34)15-26)19-24-7-4-5-10-29(24)33(35,36)37/h4-15,17,21-22,30H,3,16,18-20H2,1-2H3,(H,39,47)(H,40,44)/t22-,30+/m0/s1. The van der Waals surface area contributed by atoms with Crippen molar-refractivity contribution in [1.29, 1.82) is 0 Å². The lowest BCUT2D eigenvalue weighted by Gasteiger charge is -2.34. The van der Waals surface area contributed by atoms with E-state index in [4.69, 9.17) is 12.2 Å². The number of thiocarbonyl (C=S) groups is 1. The predicted molar refractivity (Wildman–Crippen MR) is 174 cm³/mol. The molecular formula is C33H34F4N6O3S. The summed E-state index contributed by atoms with van der Waals surface area (Å²) < 4.78 is 57.4. The van der Waals surface area contributed by atoms with Gasteiger partial charge >= 0.3 is 6.18 Å². The topological polar surface area (TPSA) is 105 Å². The second kappa shape index (κ2) is 15.6. The quantitative estimate of drug-likeness (QED) is 0.0685. The maximum absolute atomic E-state index is 13.9. The molecule has 0 unspecified atom stereocenters. The Morgan fingerprint density at radius 3 is 2.49 bits per heavy atom. The molecule has 0 aliphatic heterocycles. The Morgan fingerprint density at radius 2 is 1.83 bits per heavy atom. The average Bonchev–Trinajstić information content (AvgIpc) is 3.45. The maximum atomic E-state index is 13.9. The molecule has 1 aromatic heterocycles. The lowest BCUT2D eigenvalue weighted by Crippen LogP contribution is -2.50. The van der Waals surface area contributed by atoms with Gasteiger partial charge < -0.3 is 20.1 Å². The Balaban J connectivity index is 1.54. The fraction of sp³-hybridized carbons (Fsp3) is 0.303. The molecule has 248 valence electrons. The van der Waals surface area contributed by atoms with Crippen LogP contribution in [0.2, 0.25) is 0 Å². The molecule has 4 rings (SSSR count). The zero-order valence-electron chi connectivity index (χ0n) is 25.7. The van der Waals surface area contributed by atoms with Crippen LogP contribution in [0.25, 0.3) is 0 Å². The van der Waals surface area contributed by atoms with E-state index in [2.05, 4.69) is 15.6 Å². The minimum Gasteiger partial charge on any atom is -0.351 e. The number of hydrogen-bond acceptors (Lipinski definition) is 5. The van der Waals surface area contributed by atoms with E-state index in [-0.39, 0.29) is 47.7 Å². The number of nitro groups is 1. The first-order valence-electron chi connectivity index (χ1n) is 14.8. The number of nitro benzene ring substituents is 1. The van der Waals surface area contributed by atoms with Crippen LogP contribution in [0.1, 0.15) is 42.7 Å². The Bertz CT molecular complexity index is 1700. The number of non-ortho nitro benzene ring substituents is 1. The van der Waals surface area contributed by atoms with Gasteiger partial charge in [0.25, 0.3) is 5.69 Å². The maximum Gasteiger partial charge on any atom is 0.416 e. The van der Waals surface area contributed by atoms with E-state index < -0.39 is 28.5 Å². The van der Waals surface area contributed by atoms with E-state index in [0.717, 1.165) is 11.6 Å². The van der Waals surface area contributed by atoms with Gasteiger partial charge in [0.05, 0.1) is 23.2 Å². The number of halogens is 4. The van der Waals surface area contributed by atoms with E-state index in [1.165, 1.54) is 48.5 Å². The summed E-state index contributed by atoms with van der Waals surface area (Å²) in [6.45, 7) is 4.05. The van der Waals surface area contributed by atoms with E-state index >= 15 is 0 Å². The normalized spacial score (nSPS) is 12.6. The number of carbonyl (C=O) groups excluding carboxylic acids is 1. The van der Waals surface area contributed by atoms with Crippen LogP contribution in [0.5, 0.6) is 0 Å². The molecule has 0 saturated heterocycles. The number of aromatic nitrogens is 2. The van der Waals surface area contributed by atoms with Crippen molar-refractivity contribution in [3.05, 3.63) is 124 Å². The molecule has 0 radical (unpaired) electrons. The first-order chi connectivity index (χ1) is 22.3. The monoisotopic (exact) mass is 670 g/mol. The SMILES string of the molecule is CC[C@H](C)[C@@H](CN(Cc1ccccc1C(F)(F)F)C(=S)Nc1cccc(F)c1)NC(=O)Cc1cncn1Cc1ccc([N+](=O)[O-])cc1. The molecule has 2 atom stereocenters.